The van der Waals surface area contributed by atoms with Crippen LogP contribution < -0.4 is 10.6 Å². The number of aromatic nitrogens is 4. The van der Waals surface area contributed by atoms with Gasteiger partial charge in [-0.3, -0.25) is 9.36 Å². The van der Waals surface area contributed by atoms with Gasteiger partial charge in [0.05, 0.1) is 6.33 Å². The number of likely N-dealkylation sites (N-methyl/N-ethyl adjacent to an activating group) is 1. The zero-order chi connectivity index (χ0) is 25.4. The van der Waals surface area contributed by atoms with Crippen LogP contribution in [0.2, 0.25) is 0 Å². The third-order valence-electron chi connectivity index (χ3n) is 5.86. The molecule has 0 radical (unpaired) electrons. The number of ether oxygens (including phenoxy) is 1. The van der Waals surface area contributed by atoms with Gasteiger partial charge in [0.25, 0.3) is 5.91 Å². The Labute approximate surface area is 203 Å². The van der Waals surface area contributed by atoms with Crippen LogP contribution in [0.4, 0.5) is 14.6 Å². The fourth-order valence-electron chi connectivity index (χ4n) is 4.07. The second-order valence-corrected chi connectivity index (χ2v) is 8.26. The molecule has 0 aliphatic carbocycles. The highest BCUT2D eigenvalue weighted by atomic mass is 19.1. The number of hydrogen-bond acceptors (Lipinski definition) is 8. The van der Waals surface area contributed by atoms with Crippen LogP contribution in [0.1, 0.15) is 11.8 Å². The van der Waals surface area contributed by atoms with Gasteiger partial charge in [-0.25, -0.2) is 23.7 Å². The van der Waals surface area contributed by atoms with Crippen LogP contribution in [-0.4, -0.2) is 61.0 Å². The van der Waals surface area contributed by atoms with Gasteiger partial charge in [-0.1, -0.05) is 30.3 Å². The Morgan fingerprint density at radius 1 is 1.08 bits per heavy atom. The zero-order valence-electron chi connectivity index (χ0n) is 19.0. The summed E-state index contributed by atoms with van der Waals surface area (Å²) in [4.78, 5) is 25.3. The molecule has 0 saturated carbocycles. The van der Waals surface area contributed by atoms with Crippen LogP contribution in [0.3, 0.4) is 0 Å². The van der Waals surface area contributed by atoms with Gasteiger partial charge in [0.15, 0.2) is 35.1 Å². The van der Waals surface area contributed by atoms with E-state index in [1.54, 1.807) is 0 Å². The van der Waals surface area contributed by atoms with Crippen LogP contribution >= 0.6 is 0 Å². The van der Waals surface area contributed by atoms with Crippen LogP contribution in [0, 0.1) is 11.6 Å². The average Bonchev–Trinajstić information content (AvgIpc) is 3.42. The molecular formula is C24H22F2N6O4. The molecule has 1 fully saturated rings. The molecule has 0 spiro atoms. The molecule has 2 aromatic heterocycles. The van der Waals surface area contributed by atoms with Crippen LogP contribution in [0.25, 0.3) is 22.6 Å². The quantitative estimate of drug-likeness (QED) is 0.317. The lowest BCUT2D eigenvalue weighted by Gasteiger charge is -2.17. The van der Waals surface area contributed by atoms with Gasteiger partial charge < -0.3 is 25.6 Å². The van der Waals surface area contributed by atoms with Crippen molar-refractivity contribution in [1.82, 2.24) is 24.8 Å². The van der Waals surface area contributed by atoms with Gasteiger partial charge in [0, 0.05) is 25.2 Å². The number of benzene rings is 2. The van der Waals surface area contributed by atoms with Crippen molar-refractivity contribution >= 4 is 22.9 Å². The third kappa shape index (κ3) is 4.37. The Balaban J connectivity index is 1.60. The normalized spacial score (nSPS) is 21.6. The number of rotatable bonds is 6. The maximum absolute atomic E-state index is 14.0. The third-order valence-corrected chi connectivity index (χ3v) is 5.86. The number of anilines is 1. The second-order valence-electron chi connectivity index (χ2n) is 8.26. The lowest BCUT2D eigenvalue weighted by Crippen LogP contribution is -2.41. The molecule has 1 amide bonds. The van der Waals surface area contributed by atoms with Crippen LogP contribution in [0.5, 0.6) is 0 Å². The summed E-state index contributed by atoms with van der Waals surface area (Å²) >= 11 is 0. The first-order chi connectivity index (χ1) is 17.4. The number of fused-ring (bicyclic) bond motifs is 1. The van der Waals surface area contributed by atoms with Gasteiger partial charge in [0.2, 0.25) is 0 Å². The van der Waals surface area contributed by atoms with Gasteiger partial charge in [0.1, 0.15) is 23.8 Å². The lowest BCUT2D eigenvalue weighted by atomic mass is 10.1. The molecule has 4 aromatic rings. The minimum absolute atomic E-state index is 0.00546. The molecule has 1 aliphatic rings. The van der Waals surface area contributed by atoms with Crippen molar-refractivity contribution in [3.8, 4) is 11.4 Å². The largest absolute Gasteiger partial charge is 0.387 e. The Morgan fingerprint density at radius 2 is 1.81 bits per heavy atom. The molecular weight excluding hydrogens is 474 g/mol. The number of nitrogens with one attached hydrogen (secondary N) is 2. The van der Waals surface area contributed by atoms with E-state index >= 15 is 0 Å². The number of amides is 1. The number of aliphatic hydroxyl groups excluding tert-OH is 2. The highest BCUT2D eigenvalue weighted by molar-refractivity contribution is 5.85. The van der Waals surface area contributed by atoms with Crippen molar-refractivity contribution in [3.63, 3.8) is 0 Å². The molecule has 1 saturated heterocycles. The minimum atomic E-state index is -1.50. The first-order valence-corrected chi connectivity index (χ1v) is 11.1. The van der Waals surface area contributed by atoms with E-state index in [4.69, 9.17) is 4.74 Å². The molecule has 36 heavy (non-hydrogen) atoms. The molecule has 4 atom stereocenters. The standard InChI is InChI=1S/C24H22F2N6O4/c1-27-23(35)19-17(33)18(34)24(36-19)32-11-29-16-21(28-10-12-5-3-2-4-6-12)30-20(31-22(16)32)13-7-14(25)9-15(26)8-13/h2-9,11,17-19,24,33-34H,10H2,1H3,(H,27,35)(H,28,30,31). The summed E-state index contributed by atoms with van der Waals surface area (Å²) in [5.41, 5.74) is 1.49. The molecule has 2 aromatic carbocycles. The Morgan fingerprint density at radius 3 is 2.50 bits per heavy atom. The zero-order valence-corrected chi connectivity index (χ0v) is 19.0. The summed E-state index contributed by atoms with van der Waals surface area (Å²) in [6.45, 7) is 0.372. The van der Waals surface area contributed by atoms with E-state index in [2.05, 4.69) is 25.6 Å². The highest BCUT2D eigenvalue weighted by Crippen LogP contribution is 2.34. The highest BCUT2D eigenvalue weighted by Gasteiger charge is 2.47. The van der Waals surface area contributed by atoms with Gasteiger partial charge in [-0.05, 0) is 17.7 Å². The molecule has 186 valence electrons. The molecule has 12 heteroatoms. The Bertz CT molecular complexity index is 1400. The van der Waals surface area contributed by atoms with E-state index in [9.17, 15) is 23.8 Å². The number of hydrogen-bond donors (Lipinski definition) is 4. The van der Waals surface area contributed by atoms with Gasteiger partial charge in [-0.15, -0.1) is 0 Å². The van der Waals surface area contributed by atoms with Crippen molar-refractivity contribution in [2.24, 2.45) is 0 Å². The Kier molecular flexibility index (Phi) is 6.31. The number of imidazole rings is 1. The lowest BCUT2D eigenvalue weighted by molar-refractivity contribution is -0.137. The van der Waals surface area contributed by atoms with Gasteiger partial charge in [-0.2, -0.15) is 0 Å². The first kappa shape index (κ1) is 23.7. The molecule has 10 nitrogen and oxygen atoms in total. The number of carbonyl (C=O) groups is 1. The summed E-state index contributed by atoms with van der Waals surface area (Å²) in [5, 5.41) is 26.5. The summed E-state index contributed by atoms with van der Waals surface area (Å²) in [6.07, 6.45) is -4.17. The van der Waals surface area contributed by atoms with E-state index < -0.39 is 42.1 Å². The van der Waals surface area contributed by atoms with Gasteiger partial charge >= 0.3 is 0 Å². The number of nitrogens with zero attached hydrogens (tertiary/aromatic N) is 4. The molecule has 1 aliphatic heterocycles. The van der Waals surface area contributed by atoms with Crippen LogP contribution in [-0.2, 0) is 16.1 Å². The summed E-state index contributed by atoms with van der Waals surface area (Å²) < 4.78 is 34.9. The maximum Gasteiger partial charge on any atom is 0.251 e. The minimum Gasteiger partial charge on any atom is -0.387 e. The topological polar surface area (TPSA) is 134 Å². The average molecular weight is 496 g/mol. The van der Waals surface area contributed by atoms with E-state index in [0.29, 0.717) is 12.1 Å². The molecule has 4 unspecified atom stereocenters. The van der Waals surface area contributed by atoms with Crippen molar-refractivity contribution < 1.29 is 28.5 Å². The SMILES string of the molecule is CNC(=O)C1OC(n2cnc3c(NCc4ccccc4)nc(-c4cc(F)cc(F)c4)nc32)C(O)C1O. The van der Waals surface area contributed by atoms with E-state index in [-0.39, 0.29) is 22.9 Å². The van der Waals surface area contributed by atoms with E-state index in [0.717, 1.165) is 23.8 Å². The number of carbonyl (C=O) groups excluding carboxylic acids is 1. The molecule has 3 heterocycles. The van der Waals surface area contributed by atoms with E-state index in [1.165, 1.54) is 17.9 Å². The predicted molar refractivity (Wildman–Crippen MR) is 124 cm³/mol. The smallest absolute Gasteiger partial charge is 0.251 e. The summed E-state index contributed by atoms with van der Waals surface area (Å²) in [5.74, 6) is -1.93. The van der Waals surface area contributed by atoms with Crippen molar-refractivity contribution in [3.05, 3.63) is 72.1 Å². The van der Waals surface area contributed by atoms with E-state index in [1.807, 2.05) is 30.3 Å². The summed E-state index contributed by atoms with van der Waals surface area (Å²) in [6, 6.07) is 12.4. The van der Waals surface area contributed by atoms with Crippen molar-refractivity contribution in [2.75, 3.05) is 12.4 Å². The second kappa shape index (κ2) is 9.57. The first-order valence-electron chi connectivity index (χ1n) is 11.1. The molecule has 0 bridgehead atoms. The monoisotopic (exact) mass is 496 g/mol. The van der Waals surface area contributed by atoms with Crippen molar-refractivity contribution in [2.45, 2.75) is 31.1 Å². The van der Waals surface area contributed by atoms with Crippen LogP contribution in [0.15, 0.2) is 54.9 Å². The number of halogens is 2. The maximum atomic E-state index is 14.0. The fraction of sp³-hybridized carbons (Fsp3) is 0.250. The fourth-order valence-corrected chi connectivity index (χ4v) is 4.07. The number of aliphatic hydroxyl groups is 2. The molecule has 4 N–H and O–H groups in total. The molecule has 5 rings (SSSR count). The van der Waals surface area contributed by atoms with Crippen molar-refractivity contribution in [1.29, 1.82) is 0 Å². The summed E-state index contributed by atoms with van der Waals surface area (Å²) in [7, 11) is 1.38. The Hall–Kier alpha value is -4.00. The predicted octanol–water partition coefficient (Wildman–Crippen LogP) is 1.75.